The molecule has 1 saturated heterocycles. The minimum atomic E-state index is -0.577. The number of benzene rings is 1. The van der Waals surface area contributed by atoms with E-state index in [9.17, 15) is 9.18 Å². The van der Waals surface area contributed by atoms with Crippen molar-refractivity contribution in [2.24, 2.45) is 0 Å². The Hall–Kier alpha value is -1.17. The number of nitrogens with zero attached hydrogens (tertiary/aromatic N) is 1. The van der Waals surface area contributed by atoms with Gasteiger partial charge in [-0.1, -0.05) is 18.5 Å². The Morgan fingerprint density at radius 2 is 2.40 bits per heavy atom. The van der Waals surface area contributed by atoms with E-state index in [0.717, 1.165) is 19.6 Å². The number of likely N-dealkylation sites (N-methyl/N-ethyl adjacent to an activating group) is 1. The Bertz CT molecular complexity index is 484. The lowest BCUT2D eigenvalue weighted by Gasteiger charge is -2.32. The fraction of sp³-hybridized carbons (Fsp3) is 0.500. The van der Waals surface area contributed by atoms with Crippen molar-refractivity contribution in [1.82, 2.24) is 10.2 Å². The van der Waals surface area contributed by atoms with E-state index in [1.165, 1.54) is 18.2 Å². The van der Waals surface area contributed by atoms with E-state index < -0.39 is 11.7 Å². The van der Waals surface area contributed by atoms with Gasteiger partial charge in [-0.05, 0) is 24.7 Å². The van der Waals surface area contributed by atoms with Gasteiger partial charge in [-0.15, -0.1) is 0 Å². The maximum absolute atomic E-state index is 13.5. The van der Waals surface area contributed by atoms with E-state index in [-0.39, 0.29) is 11.7 Å². The maximum Gasteiger partial charge on any atom is 0.254 e. The van der Waals surface area contributed by atoms with E-state index >= 15 is 0 Å². The molecule has 0 bridgehead atoms. The Morgan fingerprint density at radius 3 is 3.15 bits per heavy atom. The largest absolute Gasteiger partial charge is 0.374 e. The number of ether oxygens (including phenoxy) is 1. The summed E-state index contributed by atoms with van der Waals surface area (Å²) in [5.41, 5.74) is -0.0411. The minimum Gasteiger partial charge on any atom is -0.374 e. The highest BCUT2D eigenvalue weighted by atomic mass is 35.5. The van der Waals surface area contributed by atoms with Crippen LogP contribution in [-0.2, 0) is 4.74 Å². The van der Waals surface area contributed by atoms with Crippen LogP contribution in [0.15, 0.2) is 18.2 Å². The lowest BCUT2D eigenvalue weighted by molar-refractivity contribution is -0.0246. The molecule has 1 N–H and O–H groups in total. The number of amides is 1. The molecule has 1 unspecified atom stereocenters. The third kappa shape index (κ3) is 3.91. The fourth-order valence-electron chi connectivity index (χ4n) is 2.16. The highest BCUT2D eigenvalue weighted by Gasteiger charge is 2.20. The van der Waals surface area contributed by atoms with Crippen LogP contribution < -0.4 is 5.32 Å². The molecule has 1 heterocycles. The predicted molar refractivity (Wildman–Crippen MR) is 75.6 cm³/mol. The van der Waals surface area contributed by atoms with Crippen LogP contribution in [0.1, 0.15) is 17.3 Å². The summed E-state index contributed by atoms with van der Waals surface area (Å²) in [5, 5.41) is 3.03. The van der Waals surface area contributed by atoms with Gasteiger partial charge in [0.25, 0.3) is 5.91 Å². The predicted octanol–water partition coefficient (Wildman–Crippen LogP) is 1.93. The summed E-state index contributed by atoms with van der Waals surface area (Å²) in [7, 11) is 0. The summed E-state index contributed by atoms with van der Waals surface area (Å²) >= 11 is 5.77. The molecule has 110 valence electrons. The first-order valence-corrected chi connectivity index (χ1v) is 7.05. The quantitative estimate of drug-likeness (QED) is 0.924. The molecule has 0 radical (unpaired) electrons. The van der Waals surface area contributed by atoms with Gasteiger partial charge < -0.3 is 10.1 Å². The van der Waals surface area contributed by atoms with Crippen LogP contribution in [0.3, 0.4) is 0 Å². The summed E-state index contributed by atoms with van der Waals surface area (Å²) in [5.74, 6) is -1.05. The fourth-order valence-corrected chi connectivity index (χ4v) is 2.34. The lowest BCUT2D eigenvalue weighted by Crippen LogP contribution is -2.47. The van der Waals surface area contributed by atoms with Crippen molar-refractivity contribution in [2.75, 3.05) is 32.8 Å². The van der Waals surface area contributed by atoms with Crippen molar-refractivity contribution < 1.29 is 13.9 Å². The maximum atomic E-state index is 13.5. The third-order valence-electron chi connectivity index (χ3n) is 3.33. The molecule has 1 atom stereocenters. The molecule has 1 aromatic carbocycles. The summed E-state index contributed by atoms with van der Waals surface area (Å²) in [6.07, 6.45) is -0.0603. The van der Waals surface area contributed by atoms with Crippen LogP contribution >= 0.6 is 11.6 Å². The Morgan fingerprint density at radius 1 is 1.60 bits per heavy atom. The number of hydrogen-bond donors (Lipinski definition) is 1. The second-order valence-corrected chi connectivity index (χ2v) is 5.16. The number of hydrogen-bond acceptors (Lipinski definition) is 3. The Balaban J connectivity index is 1.90. The molecule has 0 aliphatic carbocycles. The second kappa shape index (κ2) is 7.02. The zero-order valence-electron chi connectivity index (χ0n) is 11.4. The van der Waals surface area contributed by atoms with Gasteiger partial charge in [-0.3, -0.25) is 9.69 Å². The molecule has 1 aliphatic rings. The van der Waals surface area contributed by atoms with Crippen molar-refractivity contribution in [3.63, 3.8) is 0 Å². The zero-order valence-corrected chi connectivity index (χ0v) is 12.1. The summed E-state index contributed by atoms with van der Waals surface area (Å²) < 4.78 is 19.1. The summed E-state index contributed by atoms with van der Waals surface area (Å²) in [6, 6.07) is 3.93. The molecule has 1 fully saturated rings. The monoisotopic (exact) mass is 300 g/mol. The average molecular weight is 301 g/mol. The molecule has 6 heteroatoms. The third-order valence-corrected chi connectivity index (χ3v) is 3.57. The highest BCUT2D eigenvalue weighted by molar-refractivity contribution is 6.30. The van der Waals surface area contributed by atoms with Crippen LogP contribution in [0.4, 0.5) is 4.39 Å². The topological polar surface area (TPSA) is 41.6 Å². The standard InChI is InChI=1S/C14H18ClFN2O2/c1-2-18-5-6-20-11(9-18)8-17-14(19)12-7-10(15)3-4-13(12)16/h3-4,7,11H,2,5-6,8-9H2,1H3,(H,17,19). The number of halogens is 2. The molecular formula is C14H18ClFN2O2. The highest BCUT2D eigenvalue weighted by Crippen LogP contribution is 2.14. The van der Waals surface area contributed by atoms with Crippen molar-refractivity contribution in [3.8, 4) is 0 Å². The lowest BCUT2D eigenvalue weighted by atomic mass is 10.2. The second-order valence-electron chi connectivity index (χ2n) is 4.72. The summed E-state index contributed by atoms with van der Waals surface area (Å²) in [6.45, 7) is 5.74. The average Bonchev–Trinajstić information content (AvgIpc) is 2.47. The van der Waals surface area contributed by atoms with Crippen LogP contribution in [-0.4, -0.2) is 49.7 Å². The van der Waals surface area contributed by atoms with E-state index in [1.54, 1.807) is 0 Å². The molecule has 0 aromatic heterocycles. The van der Waals surface area contributed by atoms with Gasteiger partial charge >= 0.3 is 0 Å². The van der Waals surface area contributed by atoms with Gasteiger partial charge in [0, 0.05) is 24.7 Å². The van der Waals surface area contributed by atoms with E-state index in [2.05, 4.69) is 17.1 Å². The van der Waals surface area contributed by atoms with Crippen LogP contribution in [0, 0.1) is 5.82 Å². The first-order valence-electron chi connectivity index (χ1n) is 6.67. The summed E-state index contributed by atoms with van der Waals surface area (Å²) in [4.78, 5) is 14.2. The molecule has 0 saturated carbocycles. The number of carbonyl (C=O) groups is 1. The first kappa shape index (κ1) is 15.2. The van der Waals surface area contributed by atoms with E-state index in [0.29, 0.717) is 18.2 Å². The van der Waals surface area contributed by atoms with Crippen LogP contribution in [0.5, 0.6) is 0 Å². The molecule has 1 aliphatic heterocycles. The molecular weight excluding hydrogens is 283 g/mol. The van der Waals surface area contributed by atoms with Gasteiger partial charge in [0.15, 0.2) is 0 Å². The molecule has 1 amide bonds. The number of morpholine rings is 1. The minimum absolute atomic E-state index is 0.0411. The zero-order chi connectivity index (χ0) is 14.5. The Labute approximate surface area is 122 Å². The van der Waals surface area contributed by atoms with Gasteiger partial charge in [0.1, 0.15) is 5.82 Å². The van der Waals surface area contributed by atoms with Crippen molar-refractivity contribution >= 4 is 17.5 Å². The van der Waals surface area contributed by atoms with Gasteiger partial charge in [-0.25, -0.2) is 4.39 Å². The van der Waals surface area contributed by atoms with Gasteiger partial charge in [-0.2, -0.15) is 0 Å². The van der Waals surface area contributed by atoms with Gasteiger partial charge in [0.2, 0.25) is 0 Å². The molecule has 4 nitrogen and oxygen atoms in total. The normalized spacial score (nSPS) is 19.9. The van der Waals surface area contributed by atoms with Crippen LogP contribution in [0.25, 0.3) is 0 Å². The van der Waals surface area contributed by atoms with E-state index in [4.69, 9.17) is 16.3 Å². The molecule has 0 spiro atoms. The number of carbonyl (C=O) groups excluding carboxylic acids is 1. The number of rotatable bonds is 4. The van der Waals surface area contributed by atoms with E-state index in [1.807, 2.05) is 0 Å². The van der Waals surface area contributed by atoms with Crippen molar-refractivity contribution in [2.45, 2.75) is 13.0 Å². The smallest absolute Gasteiger partial charge is 0.254 e. The number of nitrogens with one attached hydrogen (secondary N) is 1. The molecule has 2 rings (SSSR count). The molecule has 20 heavy (non-hydrogen) atoms. The van der Waals surface area contributed by atoms with Crippen molar-refractivity contribution in [1.29, 1.82) is 0 Å². The first-order chi connectivity index (χ1) is 9.60. The van der Waals surface area contributed by atoms with Crippen molar-refractivity contribution in [3.05, 3.63) is 34.6 Å². The molecule has 1 aromatic rings. The SMILES string of the molecule is CCN1CCOC(CNC(=O)c2cc(Cl)ccc2F)C1. The van der Waals surface area contributed by atoms with Crippen LogP contribution in [0.2, 0.25) is 5.02 Å². The Kier molecular flexibility index (Phi) is 5.34. The van der Waals surface area contributed by atoms with Gasteiger partial charge in [0.05, 0.1) is 18.3 Å².